The van der Waals surface area contributed by atoms with Crippen molar-refractivity contribution in [2.45, 2.75) is 25.2 Å². The van der Waals surface area contributed by atoms with Crippen LogP contribution in [0.15, 0.2) is 48.9 Å². The van der Waals surface area contributed by atoms with Gasteiger partial charge in [0.15, 0.2) is 6.61 Å². The highest BCUT2D eigenvalue weighted by Gasteiger charge is 2.28. The fourth-order valence-electron chi connectivity index (χ4n) is 2.42. The van der Waals surface area contributed by atoms with E-state index in [1.54, 1.807) is 24.4 Å². The second kappa shape index (κ2) is 8.12. The zero-order chi connectivity index (χ0) is 19.3. The molecule has 0 saturated heterocycles. The van der Waals surface area contributed by atoms with Crippen molar-refractivity contribution < 1.29 is 23.0 Å². The van der Waals surface area contributed by atoms with Gasteiger partial charge in [-0.1, -0.05) is 6.07 Å². The molecule has 10 heteroatoms. The molecule has 1 N–H and O–H groups in total. The Bertz CT molecular complexity index is 837. The Labute approximate surface area is 152 Å². The maximum Gasteiger partial charge on any atom is 0.422 e. The molecular formula is C17H16F3N5O2. The highest BCUT2D eigenvalue weighted by Crippen LogP contribution is 2.23. The van der Waals surface area contributed by atoms with Crippen LogP contribution in [0.5, 0.6) is 5.75 Å². The minimum absolute atomic E-state index is 0.137. The zero-order valence-corrected chi connectivity index (χ0v) is 14.0. The molecule has 0 bridgehead atoms. The molecule has 0 fully saturated rings. The molecule has 0 spiro atoms. The van der Waals surface area contributed by atoms with Crippen LogP contribution in [0.2, 0.25) is 0 Å². The van der Waals surface area contributed by atoms with Crippen LogP contribution in [0.1, 0.15) is 5.56 Å². The first kappa shape index (κ1) is 18.8. The number of aliphatic hydroxyl groups is 1. The van der Waals surface area contributed by atoms with Crippen LogP contribution >= 0.6 is 0 Å². The minimum Gasteiger partial charge on any atom is -0.484 e. The van der Waals surface area contributed by atoms with Crippen molar-refractivity contribution in [2.75, 3.05) is 6.61 Å². The normalized spacial score (nSPS) is 12.7. The molecule has 0 amide bonds. The van der Waals surface area contributed by atoms with Gasteiger partial charge in [0.25, 0.3) is 0 Å². The molecule has 3 aromatic rings. The topological polar surface area (TPSA) is 86.0 Å². The number of benzene rings is 1. The van der Waals surface area contributed by atoms with Gasteiger partial charge in [-0.3, -0.25) is 4.98 Å². The van der Waals surface area contributed by atoms with E-state index in [1.807, 2.05) is 6.07 Å². The molecule has 0 aliphatic heterocycles. The van der Waals surface area contributed by atoms with Gasteiger partial charge in [-0.25, -0.2) is 4.68 Å². The van der Waals surface area contributed by atoms with E-state index in [-0.39, 0.29) is 12.3 Å². The number of tetrazole rings is 1. The largest absolute Gasteiger partial charge is 0.484 e. The first-order valence-electron chi connectivity index (χ1n) is 8.03. The third-order valence-electron chi connectivity index (χ3n) is 3.64. The fourth-order valence-corrected chi connectivity index (χ4v) is 2.42. The molecule has 2 heterocycles. The highest BCUT2D eigenvalue weighted by molar-refractivity contribution is 5.60. The molecule has 1 aromatic carbocycles. The van der Waals surface area contributed by atoms with Crippen LogP contribution in [0.25, 0.3) is 11.3 Å². The summed E-state index contributed by atoms with van der Waals surface area (Å²) in [5.41, 5.74) is 2.25. The lowest BCUT2D eigenvalue weighted by molar-refractivity contribution is -0.153. The second-order valence-corrected chi connectivity index (χ2v) is 5.87. The van der Waals surface area contributed by atoms with Gasteiger partial charge in [-0.05, 0) is 46.3 Å². The summed E-state index contributed by atoms with van der Waals surface area (Å²) in [5, 5.41) is 20.8. The zero-order valence-electron chi connectivity index (χ0n) is 14.0. The van der Waals surface area contributed by atoms with Crippen molar-refractivity contribution in [2.24, 2.45) is 0 Å². The number of halogens is 3. The molecule has 27 heavy (non-hydrogen) atoms. The summed E-state index contributed by atoms with van der Waals surface area (Å²) in [5.74, 6) is 0.137. The van der Waals surface area contributed by atoms with E-state index in [4.69, 9.17) is 0 Å². The lowest BCUT2D eigenvalue weighted by Gasteiger charge is -2.11. The van der Waals surface area contributed by atoms with Gasteiger partial charge >= 0.3 is 6.18 Å². The second-order valence-electron chi connectivity index (χ2n) is 5.87. The van der Waals surface area contributed by atoms with E-state index >= 15 is 0 Å². The first-order valence-corrected chi connectivity index (χ1v) is 8.03. The Morgan fingerprint density at radius 1 is 1.11 bits per heavy atom. The molecule has 0 aliphatic carbocycles. The number of alkyl halides is 3. The minimum atomic E-state index is -4.37. The number of pyridine rings is 1. The molecule has 142 valence electrons. The summed E-state index contributed by atoms with van der Waals surface area (Å²) in [6, 6.07) is 9.82. The van der Waals surface area contributed by atoms with Gasteiger partial charge in [0.2, 0.25) is 0 Å². The van der Waals surface area contributed by atoms with Crippen molar-refractivity contribution in [3.05, 3.63) is 54.5 Å². The predicted octanol–water partition coefficient (Wildman–Crippen LogP) is 2.28. The number of hydrogen-bond donors (Lipinski definition) is 1. The molecule has 1 atom stereocenters. The SMILES string of the molecule is OC(Cc1ccc(-c2ccc(OCC(F)(F)F)cc2)nc1)Cn1cnnn1. The van der Waals surface area contributed by atoms with Crippen molar-refractivity contribution in [3.63, 3.8) is 0 Å². The van der Waals surface area contributed by atoms with Gasteiger partial charge in [0, 0.05) is 18.2 Å². The van der Waals surface area contributed by atoms with Gasteiger partial charge in [0.1, 0.15) is 12.1 Å². The quantitative estimate of drug-likeness (QED) is 0.678. The number of aliphatic hydroxyl groups excluding tert-OH is 1. The van der Waals surface area contributed by atoms with E-state index in [0.717, 1.165) is 11.1 Å². The Kier molecular flexibility index (Phi) is 5.65. The molecule has 0 aliphatic rings. The monoisotopic (exact) mass is 379 g/mol. The van der Waals surface area contributed by atoms with Crippen LogP contribution in [-0.2, 0) is 13.0 Å². The maximum absolute atomic E-state index is 12.2. The number of ether oxygens (including phenoxy) is 1. The average Bonchev–Trinajstić information content (AvgIpc) is 3.13. The van der Waals surface area contributed by atoms with Crippen LogP contribution in [-0.4, -0.2) is 49.2 Å². The lowest BCUT2D eigenvalue weighted by atomic mass is 10.1. The molecule has 0 saturated carbocycles. The Morgan fingerprint density at radius 3 is 2.48 bits per heavy atom. The summed E-state index contributed by atoms with van der Waals surface area (Å²) < 4.78 is 42.6. The van der Waals surface area contributed by atoms with E-state index in [0.29, 0.717) is 12.1 Å². The summed E-state index contributed by atoms with van der Waals surface area (Å²) in [7, 11) is 0. The Balaban J connectivity index is 1.58. The van der Waals surface area contributed by atoms with Crippen molar-refractivity contribution in [1.29, 1.82) is 0 Å². The fraction of sp³-hybridized carbons (Fsp3) is 0.294. The van der Waals surface area contributed by atoms with E-state index in [2.05, 4.69) is 25.2 Å². The first-order chi connectivity index (χ1) is 12.9. The van der Waals surface area contributed by atoms with E-state index in [9.17, 15) is 18.3 Å². The van der Waals surface area contributed by atoms with Gasteiger partial charge < -0.3 is 9.84 Å². The Hall–Kier alpha value is -3.01. The number of rotatable bonds is 7. The molecule has 1 unspecified atom stereocenters. The van der Waals surface area contributed by atoms with Gasteiger partial charge in [-0.2, -0.15) is 13.2 Å². The lowest BCUT2D eigenvalue weighted by Crippen LogP contribution is -2.19. The maximum atomic E-state index is 12.2. The molecule has 3 rings (SSSR count). The smallest absolute Gasteiger partial charge is 0.422 e. The summed E-state index contributed by atoms with van der Waals surface area (Å²) in [4.78, 5) is 4.33. The molecular weight excluding hydrogens is 363 g/mol. The van der Waals surface area contributed by atoms with Crippen molar-refractivity contribution >= 4 is 0 Å². The number of aromatic nitrogens is 5. The van der Waals surface area contributed by atoms with Crippen LogP contribution in [0, 0.1) is 0 Å². The van der Waals surface area contributed by atoms with Crippen molar-refractivity contribution in [3.8, 4) is 17.0 Å². The van der Waals surface area contributed by atoms with E-state index < -0.39 is 18.9 Å². The molecule has 0 radical (unpaired) electrons. The number of nitrogens with zero attached hydrogens (tertiary/aromatic N) is 5. The van der Waals surface area contributed by atoms with Crippen LogP contribution in [0.3, 0.4) is 0 Å². The highest BCUT2D eigenvalue weighted by atomic mass is 19.4. The number of hydrogen-bond acceptors (Lipinski definition) is 6. The van der Waals surface area contributed by atoms with Gasteiger partial charge in [0.05, 0.1) is 18.3 Å². The predicted molar refractivity (Wildman–Crippen MR) is 88.8 cm³/mol. The third kappa shape index (κ3) is 5.74. The summed E-state index contributed by atoms with van der Waals surface area (Å²) >= 11 is 0. The standard InChI is InChI=1S/C17H16F3N5O2/c18-17(19,20)10-27-15-4-2-13(3-5-15)16-6-1-12(8-21-16)7-14(26)9-25-11-22-23-24-25/h1-6,8,11,14,26H,7,9-10H2. The van der Waals surface area contributed by atoms with E-state index in [1.165, 1.54) is 23.1 Å². The summed E-state index contributed by atoms with van der Waals surface area (Å²) in [6.45, 7) is -1.06. The van der Waals surface area contributed by atoms with Crippen LogP contribution < -0.4 is 4.74 Å². The van der Waals surface area contributed by atoms with Gasteiger partial charge in [-0.15, -0.1) is 5.10 Å². The molecule has 7 nitrogen and oxygen atoms in total. The summed E-state index contributed by atoms with van der Waals surface area (Å²) in [6.07, 6.45) is -1.58. The third-order valence-corrected chi connectivity index (χ3v) is 3.64. The van der Waals surface area contributed by atoms with Crippen LogP contribution in [0.4, 0.5) is 13.2 Å². The molecule has 2 aromatic heterocycles. The van der Waals surface area contributed by atoms with Crippen molar-refractivity contribution in [1.82, 2.24) is 25.2 Å². The Morgan fingerprint density at radius 2 is 1.89 bits per heavy atom. The average molecular weight is 379 g/mol.